The zero-order chi connectivity index (χ0) is 19.0. The first-order valence-corrected chi connectivity index (χ1v) is 7.57. The molecule has 1 heterocycles. The second kappa shape index (κ2) is 6.49. The van der Waals surface area contributed by atoms with Crippen LogP contribution in [0.4, 0.5) is 28.0 Å². The van der Waals surface area contributed by atoms with Crippen LogP contribution < -0.4 is 16.1 Å². The van der Waals surface area contributed by atoms with Gasteiger partial charge in [-0.15, -0.1) is 0 Å². The smallest absolute Gasteiger partial charge is 0.399 e. The van der Waals surface area contributed by atoms with Gasteiger partial charge in [-0.3, -0.25) is 0 Å². The number of hydrogen-bond donors (Lipinski definition) is 2. The number of benzene rings is 1. The van der Waals surface area contributed by atoms with Crippen molar-refractivity contribution in [2.24, 2.45) is 0 Å². The van der Waals surface area contributed by atoms with Crippen LogP contribution in [0.2, 0.25) is 0 Å². The van der Waals surface area contributed by atoms with Crippen LogP contribution in [0.1, 0.15) is 27.7 Å². The van der Waals surface area contributed by atoms with Gasteiger partial charge in [0.05, 0.1) is 11.2 Å². The highest BCUT2D eigenvalue weighted by molar-refractivity contribution is 6.62. The highest BCUT2D eigenvalue weighted by atomic mass is 19.4. The van der Waals surface area contributed by atoms with Crippen LogP contribution in [-0.4, -0.2) is 37.1 Å². The van der Waals surface area contributed by atoms with Crippen LogP contribution in [0.3, 0.4) is 0 Å². The zero-order valence-corrected chi connectivity index (χ0v) is 14.3. The predicted molar refractivity (Wildman–Crippen MR) is 85.2 cm³/mol. The highest BCUT2D eigenvalue weighted by Gasteiger charge is 2.52. The minimum atomic E-state index is -4.52. The Hall–Kier alpha value is -1.81. The van der Waals surface area contributed by atoms with E-state index >= 15 is 0 Å². The molecule has 0 radical (unpaired) electrons. The minimum absolute atomic E-state index is 0.0484. The van der Waals surface area contributed by atoms with Crippen LogP contribution in [-0.2, 0) is 9.31 Å². The van der Waals surface area contributed by atoms with Gasteiger partial charge in [-0.1, -0.05) is 0 Å². The molecule has 0 aliphatic carbocycles. The Labute approximate surface area is 143 Å². The van der Waals surface area contributed by atoms with Crippen molar-refractivity contribution < 1.29 is 31.7 Å². The number of amides is 2. The molecule has 1 aromatic carbocycles. The number of anilines is 1. The van der Waals surface area contributed by atoms with E-state index in [2.05, 4.69) is 5.32 Å². The van der Waals surface area contributed by atoms with E-state index in [9.17, 15) is 22.4 Å². The lowest BCUT2D eigenvalue weighted by Gasteiger charge is -2.32. The zero-order valence-electron chi connectivity index (χ0n) is 14.3. The molecule has 2 rings (SSSR count). The summed E-state index contributed by atoms with van der Waals surface area (Å²) in [4.78, 5) is 11.5. The summed E-state index contributed by atoms with van der Waals surface area (Å²) in [6.07, 6.45) is -4.52. The summed E-state index contributed by atoms with van der Waals surface area (Å²) in [7, 11) is -0.995. The molecule has 0 unspecified atom stereocenters. The second-order valence-corrected chi connectivity index (χ2v) is 6.75. The monoisotopic (exact) mass is 362 g/mol. The average Bonchev–Trinajstić information content (AvgIpc) is 2.66. The fourth-order valence-corrected chi connectivity index (χ4v) is 2.13. The molecule has 10 heteroatoms. The number of alkyl halides is 3. The topological polar surface area (TPSA) is 59.6 Å². The number of urea groups is 1. The Bertz CT molecular complexity index is 649. The van der Waals surface area contributed by atoms with Gasteiger partial charge in [0.25, 0.3) is 0 Å². The summed E-state index contributed by atoms with van der Waals surface area (Å²) in [6, 6.07) is 2.53. The van der Waals surface area contributed by atoms with Crippen molar-refractivity contribution in [3.63, 3.8) is 0 Å². The molecule has 0 atom stereocenters. The summed E-state index contributed by atoms with van der Waals surface area (Å²) < 4.78 is 61.9. The van der Waals surface area contributed by atoms with Crippen LogP contribution in [0.5, 0.6) is 0 Å². The molecule has 0 aromatic heterocycles. The van der Waals surface area contributed by atoms with Crippen LogP contribution in [0.25, 0.3) is 0 Å². The maximum atomic E-state index is 14.1. The Kier molecular flexibility index (Phi) is 5.07. The van der Waals surface area contributed by atoms with Gasteiger partial charge < -0.3 is 19.9 Å². The molecule has 0 spiro atoms. The van der Waals surface area contributed by atoms with E-state index in [0.29, 0.717) is 0 Å². The standard InChI is InChI=1S/C15H19BF4N2O3/c1-13(2)14(3,4)25-16(24-13)10-7-9(5-6-11(10)17)22-12(23)21-8-15(18,19)20/h5-7H,8H2,1-4H3,(H2,21,22,23). The third-order valence-electron chi connectivity index (χ3n) is 4.21. The van der Waals surface area contributed by atoms with Crippen molar-refractivity contribution in [1.82, 2.24) is 5.32 Å². The SMILES string of the molecule is CC1(C)OB(c2cc(NC(=O)NCC(F)(F)F)ccc2F)OC1(C)C. The third-order valence-corrected chi connectivity index (χ3v) is 4.21. The molecule has 1 aliphatic rings. The molecule has 1 saturated heterocycles. The van der Waals surface area contributed by atoms with Crippen molar-refractivity contribution >= 4 is 24.3 Å². The summed E-state index contributed by atoms with van der Waals surface area (Å²) in [5.41, 5.74) is -1.20. The molecule has 1 aromatic rings. The first kappa shape index (κ1) is 19.5. The minimum Gasteiger partial charge on any atom is -0.399 e. The van der Waals surface area contributed by atoms with Gasteiger partial charge in [0.2, 0.25) is 0 Å². The first-order chi connectivity index (χ1) is 11.3. The van der Waals surface area contributed by atoms with Crippen molar-refractivity contribution in [3.8, 4) is 0 Å². The lowest BCUT2D eigenvalue weighted by Crippen LogP contribution is -2.41. The molecule has 2 amide bonds. The molecule has 1 fully saturated rings. The molecule has 138 valence electrons. The molecular formula is C15H19BF4N2O3. The summed E-state index contributed by atoms with van der Waals surface area (Å²) in [6.45, 7) is 5.74. The molecule has 0 saturated carbocycles. The Morgan fingerprint density at radius 1 is 1.16 bits per heavy atom. The number of hydrogen-bond acceptors (Lipinski definition) is 3. The fraction of sp³-hybridized carbons (Fsp3) is 0.533. The van der Waals surface area contributed by atoms with Crippen molar-refractivity contribution in [2.75, 3.05) is 11.9 Å². The maximum Gasteiger partial charge on any atom is 0.497 e. The number of carbonyl (C=O) groups excluding carboxylic acids is 1. The second-order valence-electron chi connectivity index (χ2n) is 6.75. The van der Waals surface area contributed by atoms with Crippen LogP contribution in [0, 0.1) is 5.82 Å². The highest BCUT2D eigenvalue weighted by Crippen LogP contribution is 2.36. The van der Waals surface area contributed by atoms with Crippen molar-refractivity contribution in [2.45, 2.75) is 45.1 Å². The van der Waals surface area contributed by atoms with E-state index in [4.69, 9.17) is 9.31 Å². The molecule has 2 N–H and O–H groups in total. The van der Waals surface area contributed by atoms with Gasteiger partial charge in [0.1, 0.15) is 12.4 Å². The van der Waals surface area contributed by atoms with E-state index in [0.717, 1.165) is 6.07 Å². The third kappa shape index (κ3) is 4.63. The fourth-order valence-electron chi connectivity index (χ4n) is 2.13. The molecule has 1 aliphatic heterocycles. The molecule has 5 nitrogen and oxygen atoms in total. The summed E-state index contributed by atoms with van der Waals surface area (Å²) in [5.74, 6) is -0.611. The Morgan fingerprint density at radius 3 is 2.24 bits per heavy atom. The van der Waals surface area contributed by atoms with Crippen molar-refractivity contribution in [1.29, 1.82) is 0 Å². The quantitative estimate of drug-likeness (QED) is 0.642. The van der Waals surface area contributed by atoms with Crippen LogP contribution in [0.15, 0.2) is 18.2 Å². The Balaban J connectivity index is 2.12. The van der Waals surface area contributed by atoms with E-state index in [1.54, 1.807) is 33.0 Å². The number of rotatable bonds is 3. The summed E-state index contributed by atoms with van der Waals surface area (Å²) >= 11 is 0. The number of halogens is 4. The maximum absolute atomic E-state index is 14.1. The first-order valence-electron chi connectivity index (χ1n) is 7.57. The number of nitrogens with one attached hydrogen (secondary N) is 2. The van der Waals surface area contributed by atoms with E-state index < -0.39 is 42.9 Å². The van der Waals surface area contributed by atoms with Crippen molar-refractivity contribution in [3.05, 3.63) is 24.0 Å². The van der Waals surface area contributed by atoms with Gasteiger partial charge in [0, 0.05) is 11.2 Å². The number of carbonyl (C=O) groups is 1. The molecular weight excluding hydrogens is 343 g/mol. The molecule has 25 heavy (non-hydrogen) atoms. The van der Waals surface area contributed by atoms with E-state index in [1.807, 2.05) is 0 Å². The largest absolute Gasteiger partial charge is 0.497 e. The van der Waals surface area contributed by atoms with E-state index in [-0.39, 0.29) is 11.2 Å². The Morgan fingerprint density at radius 2 is 1.72 bits per heavy atom. The van der Waals surface area contributed by atoms with Gasteiger partial charge in [-0.2, -0.15) is 13.2 Å². The lowest BCUT2D eigenvalue weighted by molar-refractivity contribution is -0.122. The normalized spacial score (nSPS) is 19.0. The van der Waals surface area contributed by atoms with Gasteiger partial charge in [-0.25, -0.2) is 9.18 Å². The van der Waals surface area contributed by atoms with Gasteiger partial charge in [-0.05, 0) is 45.9 Å². The average molecular weight is 362 g/mol. The summed E-state index contributed by atoms with van der Waals surface area (Å²) in [5, 5.41) is 3.89. The van der Waals surface area contributed by atoms with Crippen LogP contribution >= 0.6 is 0 Å². The van der Waals surface area contributed by atoms with E-state index in [1.165, 1.54) is 12.1 Å². The predicted octanol–water partition coefficient (Wildman–Crippen LogP) is 2.81. The lowest BCUT2D eigenvalue weighted by atomic mass is 9.78. The molecule has 0 bridgehead atoms. The van der Waals surface area contributed by atoms with Gasteiger partial charge >= 0.3 is 19.3 Å². The van der Waals surface area contributed by atoms with Gasteiger partial charge in [0.15, 0.2) is 0 Å².